The molecule has 0 aliphatic rings. The van der Waals surface area contributed by atoms with Gasteiger partial charge in [0, 0.05) is 30.4 Å². The van der Waals surface area contributed by atoms with Crippen LogP contribution in [0, 0.1) is 0 Å². The topological polar surface area (TPSA) is 42.4 Å². The second kappa shape index (κ2) is 6.80. The van der Waals surface area contributed by atoms with Crippen LogP contribution in [-0.2, 0) is 17.8 Å². The lowest BCUT2D eigenvalue weighted by Gasteiger charge is -2.15. The Hall–Kier alpha value is -1.23. The molecule has 2 aromatic rings. The molecule has 1 unspecified atom stereocenters. The third-order valence-corrected chi connectivity index (χ3v) is 3.34. The number of aliphatic hydroxyl groups is 1. The van der Waals surface area contributed by atoms with Crippen LogP contribution in [0.5, 0.6) is 0 Å². The number of nitrogens with zero attached hydrogens (tertiary/aromatic N) is 1. The van der Waals surface area contributed by atoms with Crippen molar-refractivity contribution in [1.29, 1.82) is 0 Å². The Morgan fingerprint density at radius 1 is 1.32 bits per heavy atom. The summed E-state index contributed by atoms with van der Waals surface area (Å²) in [4.78, 5) is 4.11. The SMILES string of the molecule is COCc1ccccc1C(O)Cc1cncc(Br)c1. The van der Waals surface area contributed by atoms with E-state index in [0.29, 0.717) is 13.0 Å². The van der Waals surface area contributed by atoms with Gasteiger partial charge >= 0.3 is 0 Å². The van der Waals surface area contributed by atoms with Gasteiger partial charge in [0.25, 0.3) is 0 Å². The highest BCUT2D eigenvalue weighted by atomic mass is 79.9. The van der Waals surface area contributed by atoms with E-state index < -0.39 is 6.10 Å². The molecule has 0 fully saturated rings. The highest BCUT2D eigenvalue weighted by Gasteiger charge is 2.13. The number of pyridine rings is 1. The van der Waals surface area contributed by atoms with Gasteiger partial charge in [-0.15, -0.1) is 0 Å². The maximum Gasteiger partial charge on any atom is 0.0834 e. The molecule has 0 aliphatic heterocycles. The Morgan fingerprint density at radius 3 is 2.84 bits per heavy atom. The number of benzene rings is 1. The van der Waals surface area contributed by atoms with Crippen LogP contribution in [0.4, 0.5) is 0 Å². The summed E-state index contributed by atoms with van der Waals surface area (Å²) in [6.07, 6.45) is 3.48. The van der Waals surface area contributed by atoms with Gasteiger partial charge in [-0.05, 0) is 38.7 Å². The Labute approximate surface area is 121 Å². The zero-order valence-electron chi connectivity index (χ0n) is 10.7. The molecule has 4 heteroatoms. The zero-order chi connectivity index (χ0) is 13.7. The fourth-order valence-electron chi connectivity index (χ4n) is 2.05. The second-order valence-corrected chi connectivity index (χ2v) is 5.28. The van der Waals surface area contributed by atoms with Crippen LogP contribution in [0.3, 0.4) is 0 Å². The van der Waals surface area contributed by atoms with Crippen LogP contribution in [0.1, 0.15) is 22.8 Å². The standard InChI is InChI=1S/C15H16BrNO2/c1-19-10-12-4-2-3-5-14(12)15(18)7-11-6-13(16)9-17-8-11/h2-6,8-9,15,18H,7,10H2,1H3. The average Bonchev–Trinajstić information content (AvgIpc) is 2.39. The van der Waals surface area contributed by atoms with E-state index in [0.717, 1.165) is 21.2 Å². The van der Waals surface area contributed by atoms with Crippen molar-refractivity contribution in [3.8, 4) is 0 Å². The van der Waals surface area contributed by atoms with Crippen molar-refractivity contribution in [1.82, 2.24) is 4.98 Å². The van der Waals surface area contributed by atoms with Gasteiger partial charge in [0.15, 0.2) is 0 Å². The number of hydrogen-bond acceptors (Lipinski definition) is 3. The maximum atomic E-state index is 10.4. The van der Waals surface area contributed by atoms with E-state index in [2.05, 4.69) is 20.9 Å². The first-order valence-electron chi connectivity index (χ1n) is 6.05. The smallest absolute Gasteiger partial charge is 0.0834 e. The Kier molecular flexibility index (Phi) is 5.07. The molecule has 0 aliphatic carbocycles. The van der Waals surface area contributed by atoms with Gasteiger partial charge in [0.2, 0.25) is 0 Å². The molecule has 0 radical (unpaired) electrons. The molecule has 3 nitrogen and oxygen atoms in total. The number of rotatable bonds is 5. The lowest BCUT2D eigenvalue weighted by atomic mass is 9.98. The molecule has 0 amide bonds. The van der Waals surface area contributed by atoms with E-state index in [1.807, 2.05) is 30.3 Å². The molecule has 1 aromatic carbocycles. The van der Waals surface area contributed by atoms with Gasteiger partial charge in [-0.3, -0.25) is 4.98 Å². The summed E-state index contributed by atoms with van der Waals surface area (Å²) in [7, 11) is 1.65. The summed E-state index contributed by atoms with van der Waals surface area (Å²) in [5.41, 5.74) is 2.92. The number of halogens is 1. The molecule has 0 bridgehead atoms. The third kappa shape index (κ3) is 3.86. The van der Waals surface area contributed by atoms with Crippen molar-refractivity contribution in [3.63, 3.8) is 0 Å². The van der Waals surface area contributed by atoms with Gasteiger partial charge in [0.05, 0.1) is 12.7 Å². The van der Waals surface area contributed by atoms with E-state index in [9.17, 15) is 5.11 Å². The summed E-state index contributed by atoms with van der Waals surface area (Å²) in [5.74, 6) is 0. The predicted octanol–water partition coefficient (Wildman–Crippen LogP) is 3.27. The molecule has 19 heavy (non-hydrogen) atoms. The molecule has 100 valence electrons. The lowest BCUT2D eigenvalue weighted by Crippen LogP contribution is -2.06. The van der Waals surface area contributed by atoms with Crippen molar-refractivity contribution in [2.45, 2.75) is 19.1 Å². The van der Waals surface area contributed by atoms with Gasteiger partial charge < -0.3 is 9.84 Å². The minimum Gasteiger partial charge on any atom is -0.388 e. The van der Waals surface area contributed by atoms with Crippen molar-refractivity contribution in [2.75, 3.05) is 7.11 Å². The number of aromatic nitrogens is 1. The summed E-state index contributed by atoms with van der Waals surface area (Å²) in [6.45, 7) is 0.504. The van der Waals surface area contributed by atoms with Crippen LogP contribution in [0.25, 0.3) is 0 Å². The molecular formula is C15H16BrNO2. The Morgan fingerprint density at radius 2 is 2.11 bits per heavy atom. The molecule has 1 atom stereocenters. The van der Waals surface area contributed by atoms with E-state index in [1.165, 1.54) is 0 Å². The number of hydrogen-bond donors (Lipinski definition) is 1. The van der Waals surface area contributed by atoms with E-state index in [4.69, 9.17) is 4.74 Å². The first kappa shape index (κ1) is 14.2. The predicted molar refractivity (Wildman–Crippen MR) is 77.8 cm³/mol. The van der Waals surface area contributed by atoms with Crippen molar-refractivity contribution in [3.05, 3.63) is 63.9 Å². The van der Waals surface area contributed by atoms with Crippen LogP contribution in [0.15, 0.2) is 47.2 Å². The van der Waals surface area contributed by atoms with Crippen LogP contribution >= 0.6 is 15.9 Å². The van der Waals surface area contributed by atoms with Gasteiger partial charge in [-0.25, -0.2) is 0 Å². The van der Waals surface area contributed by atoms with E-state index in [1.54, 1.807) is 19.5 Å². The number of aliphatic hydroxyl groups excluding tert-OH is 1. The second-order valence-electron chi connectivity index (χ2n) is 4.36. The van der Waals surface area contributed by atoms with Gasteiger partial charge in [-0.2, -0.15) is 0 Å². The zero-order valence-corrected chi connectivity index (χ0v) is 12.3. The molecule has 0 spiro atoms. The van der Waals surface area contributed by atoms with Crippen molar-refractivity contribution in [2.24, 2.45) is 0 Å². The Bertz CT molecular complexity index is 545. The van der Waals surface area contributed by atoms with E-state index >= 15 is 0 Å². The summed E-state index contributed by atoms with van der Waals surface area (Å²) >= 11 is 3.38. The highest BCUT2D eigenvalue weighted by Crippen LogP contribution is 2.23. The molecule has 1 heterocycles. The molecule has 0 saturated heterocycles. The number of ether oxygens (including phenoxy) is 1. The first-order valence-corrected chi connectivity index (χ1v) is 6.84. The van der Waals surface area contributed by atoms with E-state index in [-0.39, 0.29) is 0 Å². The minimum atomic E-state index is -0.553. The van der Waals surface area contributed by atoms with Crippen molar-refractivity contribution < 1.29 is 9.84 Å². The molecular weight excluding hydrogens is 306 g/mol. The number of methoxy groups -OCH3 is 1. The van der Waals surface area contributed by atoms with Crippen LogP contribution in [0.2, 0.25) is 0 Å². The molecule has 1 aromatic heterocycles. The van der Waals surface area contributed by atoms with Crippen molar-refractivity contribution >= 4 is 15.9 Å². The van der Waals surface area contributed by atoms with Gasteiger partial charge in [-0.1, -0.05) is 24.3 Å². The maximum absolute atomic E-state index is 10.4. The fraction of sp³-hybridized carbons (Fsp3) is 0.267. The summed E-state index contributed by atoms with van der Waals surface area (Å²) in [5, 5.41) is 10.4. The normalized spacial score (nSPS) is 12.4. The summed E-state index contributed by atoms with van der Waals surface area (Å²) < 4.78 is 6.08. The summed E-state index contributed by atoms with van der Waals surface area (Å²) in [6, 6.07) is 9.75. The molecule has 2 rings (SSSR count). The van der Waals surface area contributed by atoms with Crippen LogP contribution in [-0.4, -0.2) is 17.2 Å². The lowest BCUT2D eigenvalue weighted by molar-refractivity contribution is 0.161. The monoisotopic (exact) mass is 321 g/mol. The molecule has 1 N–H and O–H groups in total. The highest BCUT2D eigenvalue weighted by molar-refractivity contribution is 9.10. The third-order valence-electron chi connectivity index (χ3n) is 2.90. The van der Waals surface area contributed by atoms with Gasteiger partial charge in [0.1, 0.15) is 0 Å². The average molecular weight is 322 g/mol. The largest absolute Gasteiger partial charge is 0.388 e. The Balaban J connectivity index is 2.17. The quantitative estimate of drug-likeness (QED) is 0.919. The van der Waals surface area contributed by atoms with Crippen LogP contribution < -0.4 is 0 Å². The fourth-order valence-corrected chi connectivity index (χ4v) is 2.46. The first-order chi connectivity index (χ1) is 9.20. The molecule has 0 saturated carbocycles. The minimum absolute atomic E-state index is 0.504.